The highest BCUT2D eigenvalue weighted by Crippen LogP contribution is 2.28. The third-order valence-electron chi connectivity index (χ3n) is 4.02. The molecule has 1 fully saturated rings. The molecule has 0 unspecified atom stereocenters. The van der Waals surface area contributed by atoms with Crippen LogP contribution in [0.2, 0.25) is 0 Å². The molecule has 0 aromatic heterocycles. The Labute approximate surface area is 119 Å². The highest BCUT2D eigenvalue weighted by Gasteiger charge is 2.27. The minimum Gasteiger partial charge on any atom is -0.381 e. The van der Waals surface area contributed by atoms with E-state index >= 15 is 0 Å². The second-order valence-electron chi connectivity index (χ2n) is 5.78. The van der Waals surface area contributed by atoms with Crippen molar-refractivity contribution in [3.8, 4) is 0 Å². The van der Waals surface area contributed by atoms with E-state index in [2.05, 4.69) is 17.7 Å². The molecule has 110 valence electrons. The van der Waals surface area contributed by atoms with Gasteiger partial charge in [-0.2, -0.15) is 0 Å². The minimum atomic E-state index is -0.0376. The maximum Gasteiger partial charge on any atom is 0.251 e. The van der Waals surface area contributed by atoms with Gasteiger partial charge in [-0.1, -0.05) is 6.92 Å². The van der Waals surface area contributed by atoms with Gasteiger partial charge in [0.2, 0.25) is 0 Å². The summed E-state index contributed by atoms with van der Waals surface area (Å²) in [6.07, 6.45) is 1.98. The normalized spacial score (nSPS) is 17.6. The third-order valence-corrected chi connectivity index (χ3v) is 4.02. The summed E-state index contributed by atoms with van der Waals surface area (Å²) in [5, 5.41) is 3.03. The topological polar surface area (TPSA) is 76.4 Å². The van der Waals surface area contributed by atoms with Crippen molar-refractivity contribution < 1.29 is 9.53 Å². The molecule has 0 saturated carbocycles. The SMILES string of the molecule is Cc1cc(C(=O)NCC2(C)CCOCC2)ccc1NN. The van der Waals surface area contributed by atoms with Crippen molar-refractivity contribution >= 4 is 11.6 Å². The van der Waals surface area contributed by atoms with Gasteiger partial charge in [-0.3, -0.25) is 10.6 Å². The van der Waals surface area contributed by atoms with Crippen LogP contribution >= 0.6 is 0 Å². The van der Waals surface area contributed by atoms with Gasteiger partial charge in [-0.05, 0) is 48.9 Å². The number of nitrogen functional groups attached to an aromatic ring is 1. The number of carbonyl (C=O) groups excluding carboxylic acids is 1. The number of hydrogen-bond donors (Lipinski definition) is 3. The standard InChI is InChI=1S/C15H23N3O2/c1-11-9-12(3-4-13(11)18-16)14(19)17-10-15(2)5-7-20-8-6-15/h3-4,9,18H,5-8,10,16H2,1-2H3,(H,17,19). The average Bonchev–Trinajstić information content (AvgIpc) is 2.45. The van der Waals surface area contributed by atoms with Gasteiger partial charge in [0.25, 0.3) is 5.91 Å². The van der Waals surface area contributed by atoms with Gasteiger partial charge in [-0.15, -0.1) is 0 Å². The molecule has 20 heavy (non-hydrogen) atoms. The van der Waals surface area contributed by atoms with Crippen molar-refractivity contribution in [2.75, 3.05) is 25.2 Å². The zero-order valence-electron chi connectivity index (χ0n) is 12.2. The van der Waals surface area contributed by atoms with Crippen molar-refractivity contribution in [3.05, 3.63) is 29.3 Å². The molecule has 0 bridgehead atoms. The lowest BCUT2D eigenvalue weighted by atomic mass is 9.82. The molecule has 0 spiro atoms. The predicted molar refractivity (Wildman–Crippen MR) is 79.5 cm³/mol. The number of aryl methyl sites for hydroxylation is 1. The zero-order valence-corrected chi connectivity index (χ0v) is 12.2. The highest BCUT2D eigenvalue weighted by molar-refractivity contribution is 5.94. The Bertz CT molecular complexity index is 482. The maximum atomic E-state index is 12.2. The fourth-order valence-electron chi connectivity index (χ4n) is 2.40. The fourth-order valence-corrected chi connectivity index (χ4v) is 2.40. The first-order valence-corrected chi connectivity index (χ1v) is 6.97. The second kappa shape index (κ2) is 6.24. The number of rotatable bonds is 4. The first-order valence-electron chi connectivity index (χ1n) is 6.97. The van der Waals surface area contributed by atoms with Crippen LogP contribution in [-0.2, 0) is 4.74 Å². The van der Waals surface area contributed by atoms with Crippen LogP contribution in [-0.4, -0.2) is 25.7 Å². The molecule has 2 rings (SSSR count). The molecule has 5 nitrogen and oxygen atoms in total. The van der Waals surface area contributed by atoms with E-state index in [1.54, 1.807) is 6.07 Å². The van der Waals surface area contributed by atoms with Crippen molar-refractivity contribution in [3.63, 3.8) is 0 Å². The fraction of sp³-hybridized carbons (Fsp3) is 0.533. The van der Waals surface area contributed by atoms with E-state index in [4.69, 9.17) is 10.6 Å². The van der Waals surface area contributed by atoms with Crippen LogP contribution in [0.1, 0.15) is 35.7 Å². The van der Waals surface area contributed by atoms with E-state index in [-0.39, 0.29) is 11.3 Å². The van der Waals surface area contributed by atoms with Crippen LogP contribution in [0.4, 0.5) is 5.69 Å². The van der Waals surface area contributed by atoms with E-state index in [1.807, 2.05) is 19.1 Å². The summed E-state index contributed by atoms with van der Waals surface area (Å²) in [5.74, 6) is 5.35. The molecule has 1 aliphatic heterocycles. The number of carbonyl (C=O) groups is 1. The van der Waals surface area contributed by atoms with Crippen LogP contribution < -0.4 is 16.6 Å². The predicted octanol–water partition coefficient (Wildman–Crippen LogP) is 1.83. The number of nitrogens with one attached hydrogen (secondary N) is 2. The number of anilines is 1. The first-order chi connectivity index (χ1) is 9.54. The van der Waals surface area contributed by atoms with Gasteiger partial charge in [0.15, 0.2) is 0 Å². The Morgan fingerprint density at radius 3 is 2.70 bits per heavy atom. The molecule has 4 N–H and O–H groups in total. The molecular weight excluding hydrogens is 254 g/mol. The van der Waals surface area contributed by atoms with Gasteiger partial charge >= 0.3 is 0 Å². The number of benzene rings is 1. The Balaban J connectivity index is 1.96. The average molecular weight is 277 g/mol. The van der Waals surface area contributed by atoms with E-state index < -0.39 is 0 Å². The zero-order chi connectivity index (χ0) is 14.6. The van der Waals surface area contributed by atoms with E-state index in [1.165, 1.54) is 0 Å². The van der Waals surface area contributed by atoms with Gasteiger partial charge in [0.1, 0.15) is 0 Å². The number of hydrogen-bond acceptors (Lipinski definition) is 4. The lowest BCUT2D eigenvalue weighted by Gasteiger charge is -2.33. The minimum absolute atomic E-state index is 0.0376. The summed E-state index contributed by atoms with van der Waals surface area (Å²) >= 11 is 0. The van der Waals surface area contributed by atoms with Crippen molar-refractivity contribution in [2.24, 2.45) is 11.3 Å². The van der Waals surface area contributed by atoms with Crippen molar-refractivity contribution in [2.45, 2.75) is 26.7 Å². The summed E-state index contributed by atoms with van der Waals surface area (Å²) < 4.78 is 5.37. The quantitative estimate of drug-likeness (QED) is 0.579. The lowest BCUT2D eigenvalue weighted by Crippen LogP contribution is -2.39. The van der Waals surface area contributed by atoms with Crippen LogP contribution in [0.3, 0.4) is 0 Å². The molecule has 1 amide bonds. The lowest BCUT2D eigenvalue weighted by molar-refractivity contribution is 0.0238. The molecule has 0 aliphatic carbocycles. The number of nitrogens with two attached hydrogens (primary N) is 1. The molecule has 0 atom stereocenters. The van der Waals surface area contributed by atoms with E-state index in [0.29, 0.717) is 12.1 Å². The molecule has 0 radical (unpaired) electrons. The van der Waals surface area contributed by atoms with Gasteiger partial charge in [-0.25, -0.2) is 0 Å². The molecule has 5 heteroatoms. The molecule has 1 aliphatic rings. The van der Waals surface area contributed by atoms with Crippen LogP contribution in [0, 0.1) is 12.3 Å². The van der Waals surface area contributed by atoms with Gasteiger partial charge < -0.3 is 15.5 Å². The second-order valence-corrected chi connectivity index (χ2v) is 5.78. The first kappa shape index (κ1) is 14.8. The maximum absolute atomic E-state index is 12.2. The smallest absolute Gasteiger partial charge is 0.251 e. The summed E-state index contributed by atoms with van der Waals surface area (Å²) in [6, 6.07) is 5.45. The highest BCUT2D eigenvalue weighted by atomic mass is 16.5. The van der Waals surface area contributed by atoms with Crippen LogP contribution in [0.15, 0.2) is 18.2 Å². The monoisotopic (exact) mass is 277 g/mol. The largest absolute Gasteiger partial charge is 0.381 e. The Morgan fingerprint density at radius 1 is 1.40 bits per heavy atom. The van der Waals surface area contributed by atoms with Crippen LogP contribution in [0.5, 0.6) is 0 Å². The molecular formula is C15H23N3O2. The van der Waals surface area contributed by atoms with E-state index in [0.717, 1.165) is 37.3 Å². The van der Waals surface area contributed by atoms with Crippen molar-refractivity contribution in [1.29, 1.82) is 0 Å². The number of amides is 1. The third kappa shape index (κ3) is 3.49. The number of hydrazine groups is 1. The summed E-state index contributed by atoms with van der Waals surface area (Å²) in [4.78, 5) is 12.2. The Hall–Kier alpha value is -1.59. The van der Waals surface area contributed by atoms with Gasteiger partial charge in [0, 0.05) is 25.3 Å². The number of ether oxygens (including phenoxy) is 1. The summed E-state index contributed by atoms with van der Waals surface area (Å²) in [7, 11) is 0. The van der Waals surface area contributed by atoms with E-state index in [9.17, 15) is 4.79 Å². The van der Waals surface area contributed by atoms with Crippen molar-refractivity contribution in [1.82, 2.24) is 5.32 Å². The summed E-state index contributed by atoms with van der Waals surface area (Å²) in [6.45, 7) is 6.37. The molecule has 1 saturated heterocycles. The molecule has 1 aromatic rings. The Morgan fingerprint density at radius 2 is 2.10 bits per heavy atom. The Kier molecular flexibility index (Phi) is 4.62. The van der Waals surface area contributed by atoms with Gasteiger partial charge in [0.05, 0.1) is 5.69 Å². The van der Waals surface area contributed by atoms with Crippen LogP contribution in [0.25, 0.3) is 0 Å². The summed E-state index contributed by atoms with van der Waals surface area (Å²) in [5.41, 5.74) is 5.20. The molecule has 1 aromatic carbocycles. The molecule has 1 heterocycles.